The second-order valence-corrected chi connectivity index (χ2v) is 8.04. The van der Waals surface area contributed by atoms with Gasteiger partial charge in [-0.05, 0) is 41.5 Å². The minimum atomic E-state index is -0.129. The summed E-state index contributed by atoms with van der Waals surface area (Å²) >= 11 is 1.85. The number of amides is 1. The molecule has 0 aliphatic carbocycles. The first-order valence-corrected chi connectivity index (χ1v) is 10.1. The molecule has 4 nitrogen and oxygen atoms in total. The van der Waals surface area contributed by atoms with Crippen molar-refractivity contribution in [2.45, 2.75) is 16.6 Å². The summed E-state index contributed by atoms with van der Waals surface area (Å²) in [5.41, 5.74) is 4.99. The Hall–Kier alpha value is -3.05. The van der Waals surface area contributed by atoms with E-state index in [0.717, 1.165) is 23.4 Å². The van der Waals surface area contributed by atoms with Crippen LogP contribution in [0.2, 0.25) is 0 Å². The molecule has 0 saturated heterocycles. The van der Waals surface area contributed by atoms with Gasteiger partial charge in [0.15, 0.2) is 6.61 Å². The molecule has 2 aliphatic rings. The van der Waals surface area contributed by atoms with E-state index in [1.165, 1.54) is 10.5 Å². The fraction of sp³-hybridized carbons (Fsp3) is 0.130. The number of carbonyl (C=O) groups is 1. The Morgan fingerprint density at radius 3 is 2.71 bits per heavy atom. The monoisotopic (exact) mass is 386 g/mol. The number of fused-ring (bicyclic) bond motifs is 2. The van der Waals surface area contributed by atoms with Crippen LogP contribution < -0.4 is 10.1 Å². The van der Waals surface area contributed by atoms with Crippen LogP contribution in [0, 0.1) is 0 Å². The zero-order valence-corrected chi connectivity index (χ0v) is 15.9. The number of nitrogens with one attached hydrogen (secondary N) is 1. The van der Waals surface area contributed by atoms with Crippen LogP contribution in [0.4, 0.5) is 11.4 Å². The van der Waals surface area contributed by atoms with Crippen molar-refractivity contribution in [1.82, 2.24) is 0 Å². The summed E-state index contributed by atoms with van der Waals surface area (Å²) in [5.74, 6) is 0.572. The molecule has 5 heteroatoms. The largest absolute Gasteiger partial charge is 0.482 e. The fourth-order valence-electron chi connectivity index (χ4n) is 3.51. The van der Waals surface area contributed by atoms with Gasteiger partial charge in [0.25, 0.3) is 5.91 Å². The predicted octanol–water partition coefficient (Wildman–Crippen LogP) is 5.38. The van der Waals surface area contributed by atoms with Crippen molar-refractivity contribution >= 4 is 34.8 Å². The van der Waals surface area contributed by atoms with Crippen molar-refractivity contribution in [3.63, 3.8) is 0 Å². The Balaban J connectivity index is 1.58. The minimum Gasteiger partial charge on any atom is -0.482 e. The first-order chi connectivity index (χ1) is 13.8. The molecule has 28 heavy (non-hydrogen) atoms. The molecular weight excluding hydrogens is 368 g/mol. The van der Waals surface area contributed by atoms with Crippen LogP contribution in [0.3, 0.4) is 0 Å². The van der Waals surface area contributed by atoms with Crippen molar-refractivity contribution < 1.29 is 9.53 Å². The highest BCUT2D eigenvalue weighted by Crippen LogP contribution is 2.45. The van der Waals surface area contributed by atoms with Crippen molar-refractivity contribution in [2.75, 3.05) is 11.9 Å². The smallest absolute Gasteiger partial charge is 0.262 e. The van der Waals surface area contributed by atoms with E-state index in [-0.39, 0.29) is 17.8 Å². The standard InChI is InChI=1S/C23H18N2O2S/c26-23-14-27-20-11-10-16(12-19(20)25-23)18-13-22(15-6-2-1-3-7-15)28-21-9-5-4-8-17(21)24-18/h1-12,22H,13-14H2,(H,25,26). The van der Waals surface area contributed by atoms with Gasteiger partial charge < -0.3 is 10.1 Å². The summed E-state index contributed by atoms with van der Waals surface area (Å²) < 4.78 is 5.49. The van der Waals surface area contributed by atoms with Gasteiger partial charge in [-0.1, -0.05) is 42.5 Å². The maximum Gasteiger partial charge on any atom is 0.262 e. The van der Waals surface area contributed by atoms with E-state index in [2.05, 4.69) is 47.8 Å². The van der Waals surface area contributed by atoms with E-state index < -0.39 is 0 Å². The van der Waals surface area contributed by atoms with Crippen LogP contribution in [0.15, 0.2) is 82.7 Å². The normalized spacial score (nSPS) is 18.1. The number of anilines is 1. The molecule has 3 aromatic rings. The lowest BCUT2D eigenvalue weighted by Crippen LogP contribution is -2.25. The third kappa shape index (κ3) is 3.29. The molecule has 1 unspecified atom stereocenters. The molecule has 138 valence electrons. The Morgan fingerprint density at radius 1 is 1.00 bits per heavy atom. The van der Waals surface area contributed by atoms with Crippen molar-refractivity contribution in [3.05, 3.63) is 83.9 Å². The third-order valence-corrected chi connectivity index (χ3v) is 6.21. The van der Waals surface area contributed by atoms with Crippen LogP contribution in [0.5, 0.6) is 5.75 Å². The van der Waals surface area contributed by atoms with Gasteiger partial charge in [0.05, 0.1) is 11.4 Å². The topological polar surface area (TPSA) is 50.7 Å². The molecular formula is C23H18N2O2S. The van der Waals surface area contributed by atoms with E-state index >= 15 is 0 Å². The molecule has 2 heterocycles. The predicted molar refractivity (Wildman–Crippen MR) is 113 cm³/mol. The second-order valence-electron chi connectivity index (χ2n) is 6.80. The highest BCUT2D eigenvalue weighted by Gasteiger charge is 2.24. The zero-order valence-electron chi connectivity index (χ0n) is 15.1. The van der Waals surface area contributed by atoms with Gasteiger partial charge in [0.2, 0.25) is 0 Å². The molecule has 1 N–H and O–H groups in total. The van der Waals surface area contributed by atoms with Crippen molar-refractivity contribution in [2.24, 2.45) is 4.99 Å². The number of para-hydroxylation sites is 1. The molecule has 0 spiro atoms. The number of nitrogens with zero attached hydrogens (tertiary/aromatic N) is 1. The molecule has 0 fully saturated rings. The third-order valence-electron chi connectivity index (χ3n) is 4.89. The summed E-state index contributed by atoms with van der Waals surface area (Å²) in [4.78, 5) is 17.9. The number of carbonyl (C=O) groups excluding carboxylic acids is 1. The van der Waals surface area contributed by atoms with Gasteiger partial charge in [-0.2, -0.15) is 0 Å². The minimum absolute atomic E-state index is 0.0629. The van der Waals surface area contributed by atoms with Crippen LogP contribution in [-0.2, 0) is 4.79 Å². The average Bonchev–Trinajstić information content (AvgIpc) is 2.93. The summed E-state index contributed by atoms with van der Waals surface area (Å²) in [7, 11) is 0. The maximum absolute atomic E-state index is 11.7. The number of hydrogen-bond acceptors (Lipinski definition) is 4. The lowest BCUT2D eigenvalue weighted by molar-refractivity contribution is -0.118. The van der Waals surface area contributed by atoms with Crippen LogP contribution >= 0.6 is 11.8 Å². The number of rotatable bonds is 2. The summed E-state index contributed by atoms with van der Waals surface area (Å²) in [6.07, 6.45) is 0.803. The molecule has 2 aliphatic heterocycles. The molecule has 0 radical (unpaired) electrons. The molecule has 0 saturated carbocycles. The van der Waals surface area contributed by atoms with Gasteiger partial charge in [-0.25, -0.2) is 0 Å². The number of hydrogen-bond donors (Lipinski definition) is 1. The maximum atomic E-state index is 11.7. The highest BCUT2D eigenvalue weighted by atomic mass is 32.2. The fourth-order valence-corrected chi connectivity index (χ4v) is 4.74. The van der Waals surface area contributed by atoms with E-state index in [1.54, 1.807) is 0 Å². The number of benzene rings is 3. The van der Waals surface area contributed by atoms with Gasteiger partial charge in [-0.15, -0.1) is 11.8 Å². The molecule has 3 aromatic carbocycles. The molecule has 0 bridgehead atoms. The zero-order chi connectivity index (χ0) is 18.9. The Labute approximate surface area is 167 Å². The lowest BCUT2D eigenvalue weighted by Gasteiger charge is -2.20. The quantitative estimate of drug-likeness (QED) is 0.644. The Bertz CT molecular complexity index is 1080. The SMILES string of the molecule is O=C1COc2ccc(C3=Nc4ccccc4SC(c4ccccc4)C3)cc2N1. The summed E-state index contributed by atoms with van der Waals surface area (Å²) in [6, 6.07) is 24.7. The van der Waals surface area contributed by atoms with Crippen LogP contribution in [-0.4, -0.2) is 18.2 Å². The van der Waals surface area contributed by atoms with E-state index in [9.17, 15) is 4.79 Å². The summed E-state index contributed by atoms with van der Waals surface area (Å²) in [6.45, 7) is 0.0629. The van der Waals surface area contributed by atoms with Gasteiger partial charge in [0.1, 0.15) is 5.75 Å². The van der Waals surface area contributed by atoms with E-state index in [0.29, 0.717) is 11.4 Å². The van der Waals surface area contributed by atoms with Crippen LogP contribution in [0.1, 0.15) is 22.8 Å². The molecule has 1 amide bonds. The van der Waals surface area contributed by atoms with Crippen molar-refractivity contribution in [1.29, 1.82) is 0 Å². The highest BCUT2D eigenvalue weighted by molar-refractivity contribution is 7.99. The number of thioether (sulfide) groups is 1. The van der Waals surface area contributed by atoms with Crippen LogP contribution in [0.25, 0.3) is 0 Å². The molecule has 0 aromatic heterocycles. The number of ether oxygens (including phenoxy) is 1. The average molecular weight is 386 g/mol. The first-order valence-electron chi connectivity index (χ1n) is 9.21. The first kappa shape index (κ1) is 17.1. The molecule has 1 atom stereocenters. The van der Waals surface area contributed by atoms with Gasteiger partial charge in [0, 0.05) is 22.3 Å². The van der Waals surface area contributed by atoms with Gasteiger partial charge in [-0.3, -0.25) is 9.79 Å². The Morgan fingerprint density at radius 2 is 1.82 bits per heavy atom. The van der Waals surface area contributed by atoms with Crippen molar-refractivity contribution in [3.8, 4) is 5.75 Å². The second kappa shape index (κ2) is 7.17. The number of aliphatic imine (C=N–C) groups is 1. The van der Waals surface area contributed by atoms with E-state index in [4.69, 9.17) is 9.73 Å². The van der Waals surface area contributed by atoms with E-state index in [1.807, 2.05) is 42.1 Å². The van der Waals surface area contributed by atoms with Gasteiger partial charge >= 0.3 is 0 Å². The lowest BCUT2D eigenvalue weighted by atomic mass is 10.0. The molecule has 5 rings (SSSR count). The summed E-state index contributed by atoms with van der Waals surface area (Å²) in [5, 5.41) is 3.16. The Kier molecular flexibility index (Phi) is 4.37.